The summed E-state index contributed by atoms with van der Waals surface area (Å²) in [6.07, 6.45) is 0. The fourth-order valence-corrected chi connectivity index (χ4v) is 3.12. The predicted molar refractivity (Wildman–Crippen MR) is 99.8 cm³/mol. The van der Waals surface area contributed by atoms with Gasteiger partial charge in [0.2, 0.25) is 5.91 Å². The largest absolute Gasteiger partial charge is 0.497 e. The molecule has 1 amide bonds. The zero-order chi connectivity index (χ0) is 18.7. The molecule has 26 heavy (non-hydrogen) atoms. The maximum absolute atomic E-state index is 12.2. The van der Waals surface area contributed by atoms with Crippen LogP contribution in [0.4, 0.5) is 11.4 Å². The third-order valence-electron chi connectivity index (χ3n) is 3.72. The number of aromatic nitrogens is 2. The van der Waals surface area contributed by atoms with E-state index < -0.39 is 4.92 Å². The van der Waals surface area contributed by atoms with Crippen molar-refractivity contribution in [1.82, 2.24) is 9.97 Å². The summed E-state index contributed by atoms with van der Waals surface area (Å²) in [5, 5.41) is 14.3. The summed E-state index contributed by atoms with van der Waals surface area (Å²) in [5.74, 6) is 0.440. The number of para-hydroxylation sites is 1. The molecule has 3 aromatic rings. The van der Waals surface area contributed by atoms with Crippen molar-refractivity contribution in [3.63, 3.8) is 0 Å². The Bertz CT molecular complexity index is 986. The number of nitro benzene ring substituents is 1. The van der Waals surface area contributed by atoms with Crippen LogP contribution in [-0.4, -0.2) is 33.7 Å². The van der Waals surface area contributed by atoms with Gasteiger partial charge in [0.05, 0.1) is 28.8 Å². The van der Waals surface area contributed by atoms with Gasteiger partial charge in [0.25, 0.3) is 5.69 Å². The first-order valence-electron chi connectivity index (χ1n) is 7.68. The average Bonchev–Trinajstić information content (AvgIpc) is 3.03. The van der Waals surface area contributed by atoms with E-state index in [9.17, 15) is 14.9 Å². The van der Waals surface area contributed by atoms with Gasteiger partial charge >= 0.3 is 0 Å². The topological polar surface area (TPSA) is 110 Å². The highest BCUT2D eigenvalue weighted by molar-refractivity contribution is 7.99. The van der Waals surface area contributed by atoms with Gasteiger partial charge in [-0.05, 0) is 24.6 Å². The van der Waals surface area contributed by atoms with E-state index in [1.807, 2.05) is 18.2 Å². The van der Waals surface area contributed by atoms with Crippen molar-refractivity contribution in [2.24, 2.45) is 0 Å². The Hall–Kier alpha value is -3.07. The molecule has 1 aromatic heterocycles. The number of nitrogens with one attached hydrogen (secondary N) is 2. The highest BCUT2D eigenvalue weighted by atomic mass is 32.2. The van der Waals surface area contributed by atoms with Crippen molar-refractivity contribution >= 4 is 40.1 Å². The first kappa shape index (κ1) is 17.7. The Balaban J connectivity index is 1.69. The van der Waals surface area contributed by atoms with E-state index in [0.29, 0.717) is 16.5 Å². The second kappa shape index (κ2) is 7.44. The lowest BCUT2D eigenvalue weighted by molar-refractivity contribution is -0.384. The van der Waals surface area contributed by atoms with E-state index >= 15 is 0 Å². The summed E-state index contributed by atoms with van der Waals surface area (Å²) < 4.78 is 5.16. The average molecular weight is 372 g/mol. The minimum absolute atomic E-state index is 0.0719. The molecule has 2 aromatic carbocycles. The Morgan fingerprint density at radius 2 is 2.19 bits per heavy atom. The summed E-state index contributed by atoms with van der Waals surface area (Å²) in [6.45, 7) is 1.71. The zero-order valence-corrected chi connectivity index (χ0v) is 14.9. The van der Waals surface area contributed by atoms with Crippen LogP contribution in [0.5, 0.6) is 5.75 Å². The second-order valence-corrected chi connectivity index (χ2v) is 6.45. The first-order chi connectivity index (χ1) is 12.5. The number of amides is 1. The minimum atomic E-state index is -0.512. The van der Waals surface area contributed by atoms with Gasteiger partial charge in [-0.1, -0.05) is 23.9 Å². The number of aromatic amines is 1. The number of hydrogen-bond acceptors (Lipinski definition) is 6. The quantitative estimate of drug-likeness (QED) is 0.389. The summed E-state index contributed by atoms with van der Waals surface area (Å²) in [6, 6.07) is 10.1. The van der Waals surface area contributed by atoms with Gasteiger partial charge in [-0.3, -0.25) is 14.9 Å². The van der Waals surface area contributed by atoms with Crippen LogP contribution in [0.3, 0.4) is 0 Å². The lowest BCUT2D eigenvalue weighted by atomic mass is 10.1. The number of methoxy groups -OCH3 is 1. The molecular weight excluding hydrogens is 356 g/mol. The smallest absolute Gasteiger partial charge is 0.293 e. The Kier molecular flexibility index (Phi) is 5.08. The molecule has 0 unspecified atom stereocenters. The van der Waals surface area contributed by atoms with Gasteiger partial charge in [-0.15, -0.1) is 0 Å². The van der Waals surface area contributed by atoms with E-state index in [1.165, 1.54) is 17.8 Å². The van der Waals surface area contributed by atoms with E-state index in [1.54, 1.807) is 26.2 Å². The third kappa shape index (κ3) is 3.77. The molecule has 1 heterocycles. The lowest BCUT2D eigenvalue weighted by Crippen LogP contribution is -2.16. The number of ether oxygens (including phenoxy) is 1. The summed E-state index contributed by atoms with van der Waals surface area (Å²) in [5.41, 5.74) is 2.30. The fourth-order valence-electron chi connectivity index (χ4n) is 2.44. The number of nitrogens with zero attached hydrogens (tertiary/aromatic N) is 2. The number of carbonyl (C=O) groups excluding carboxylic acids is 1. The second-order valence-electron chi connectivity index (χ2n) is 5.49. The van der Waals surface area contributed by atoms with Crippen LogP contribution in [0, 0.1) is 17.0 Å². The number of hydrogen-bond donors (Lipinski definition) is 2. The SMILES string of the molecule is COc1ccc2nc(SCC(=O)Nc3c(C)cccc3[N+](=O)[O-])[nH]c2c1. The number of carbonyl (C=O) groups is 1. The molecule has 0 aliphatic heterocycles. The molecule has 0 atom stereocenters. The van der Waals surface area contributed by atoms with Gasteiger partial charge in [-0.25, -0.2) is 4.98 Å². The van der Waals surface area contributed by atoms with Crippen LogP contribution in [0.25, 0.3) is 11.0 Å². The number of thioether (sulfide) groups is 1. The molecule has 0 aliphatic rings. The summed E-state index contributed by atoms with van der Waals surface area (Å²) in [4.78, 5) is 30.3. The molecule has 0 radical (unpaired) electrons. The van der Waals surface area contributed by atoms with E-state index in [-0.39, 0.29) is 23.0 Å². The highest BCUT2D eigenvalue weighted by Crippen LogP contribution is 2.28. The van der Waals surface area contributed by atoms with Crippen LogP contribution in [0.1, 0.15) is 5.56 Å². The molecule has 0 saturated heterocycles. The maximum Gasteiger partial charge on any atom is 0.293 e. The fraction of sp³-hybridized carbons (Fsp3) is 0.176. The number of H-pyrrole nitrogens is 1. The molecule has 0 aliphatic carbocycles. The van der Waals surface area contributed by atoms with Crippen molar-refractivity contribution < 1.29 is 14.5 Å². The summed E-state index contributed by atoms with van der Waals surface area (Å²) in [7, 11) is 1.59. The Morgan fingerprint density at radius 3 is 2.92 bits per heavy atom. The molecule has 0 saturated carbocycles. The first-order valence-corrected chi connectivity index (χ1v) is 8.67. The van der Waals surface area contributed by atoms with Crippen LogP contribution in [0.2, 0.25) is 0 Å². The van der Waals surface area contributed by atoms with Gasteiger partial charge in [0, 0.05) is 12.1 Å². The van der Waals surface area contributed by atoms with Crippen molar-refractivity contribution in [2.75, 3.05) is 18.2 Å². The number of fused-ring (bicyclic) bond motifs is 1. The number of aryl methyl sites for hydroxylation is 1. The number of rotatable bonds is 6. The summed E-state index contributed by atoms with van der Waals surface area (Å²) >= 11 is 1.22. The van der Waals surface area contributed by atoms with Gasteiger partial charge in [-0.2, -0.15) is 0 Å². The lowest BCUT2D eigenvalue weighted by Gasteiger charge is -2.08. The van der Waals surface area contributed by atoms with Crippen molar-refractivity contribution in [2.45, 2.75) is 12.1 Å². The number of imidazole rings is 1. The number of anilines is 1. The molecule has 3 rings (SSSR count). The monoisotopic (exact) mass is 372 g/mol. The van der Waals surface area contributed by atoms with Gasteiger partial charge in [0.15, 0.2) is 5.16 Å². The number of nitro groups is 1. The van der Waals surface area contributed by atoms with E-state index in [0.717, 1.165) is 11.0 Å². The van der Waals surface area contributed by atoms with Crippen LogP contribution in [-0.2, 0) is 4.79 Å². The minimum Gasteiger partial charge on any atom is -0.497 e. The van der Waals surface area contributed by atoms with Crippen molar-refractivity contribution in [1.29, 1.82) is 0 Å². The van der Waals surface area contributed by atoms with Crippen LogP contribution >= 0.6 is 11.8 Å². The molecule has 0 spiro atoms. The predicted octanol–water partition coefficient (Wildman–Crippen LogP) is 3.52. The molecule has 0 fully saturated rings. The maximum atomic E-state index is 12.2. The highest BCUT2D eigenvalue weighted by Gasteiger charge is 2.18. The van der Waals surface area contributed by atoms with Gasteiger partial charge in [0.1, 0.15) is 11.4 Å². The standard InChI is InChI=1S/C17H16N4O4S/c1-10-4-3-5-14(21(23)24)16(10)20-15(22)9-26-17-18-12-7-6-11(25-2)8-13(12)19-17/h3-8H,9H2,1-2H3,(H,18,19)(H,20,22). The molecular formula is C17H16N4O4S. The third-order valence-corrected chi connectivity index (χ3v) is 4.59. The normalized spacial score (nSPS) is 10.7. The van der Waals surface area contributed by atoms with Crippen molar-refractivity contribution in [3.8, 4) is 5.75 Å². The molecule has 134 valence electrons. The number of benzene rings is 2. The molecule has 2 N–H and O–H groups in total. The van der Waals surface area contributed by atoms with Gasteiger partial charge < -0.3 is 15.0 Å². The van der Waals surface area contributed by atoms with Crippen LogP contribution < -0.4 is 10.1 Å². The molecule has 0 bridgehead atoms. The Labute approximate surface area is 153 Å². The van der Waals surface area contributed by atoms with E-state index in [2.05, 4.69) is 15.3 Å². The molecule has 9 heteroatoms. The Morgan fingerprint density at radius 1 is 1.38 bits per heavy atom. The zero-order valence-electron chi connectivity index (χ0n) is 14.1. The van der Waals surface area contributed by atoms with E-state index in [4.69, 9.17) is 4.74 Å². The van der Waals surface area contributed by atoms with Crippen molar-refractivity contribution in [3.05, 3.63) is 52.1 Å². The van der Waals surface area contributed by atoms with Crippen LogP contribution in [0.15, 0.2) is 41.6 Å². The molecule has 8 nitrogen and oxygen atoms in total.